The van der Waals surface area contributed by atoms with Gasteiger partial charge in [0.1, 0.15) is 5.82 Å². The summed E-state index contributed by atoms with van der Waals surface area (Å²) in [4.78, 5) is 25.4. The van der Waals surface area contributed by atoms with E-state index in [4.69, 9.17) is 0 Å². The highest BCUT2D eigenvalue weighted by Gasteiger charge is 2.20. The summed E-state index contributed by atoms with van der Waals surface area (Å²) in [7, 11) is 0. The van der Waals surface area contributed by atoms with Gasteiger partial charge in [-0.25, -0.2) is 4.39 Å². The Morgan fingerprint density at radius 3 is 2.50 bits per heavy atom. The number of hydrogen-bond acceptors (Lipinski definition) is 2. The van der Waals surface area contributed by atoms with E-state index in [-0.39, 0.29) is 18.0 Å². The van der Waals surface area contributed by atoms with Crippen molar-refractivity contribution in [1.82, 2.24) is 10.2 Å². The number of rotatable bonds is 7. The second-order valence-electron chi connectivity index (χ2n) is 4.56. The Hall–Kier alpha value is -1.91. The number of benzene rings is 1. The largest absolute Gasteiger partial charge is 0.355 e. The molecule has 1 rings (SSSR count). The summed E-state index contributed by atoms with van der Waals surface area (Å²) < 4.78 is 13.6. The van der Waals surface area contributed by atoms with Crippen LogP contribution in [0.4, 0.5) is 4.39 Å². The zero-order chi connectivity index (χ0) is 15.0. The van der Waals surface area contributed by atoms with Gasteiger partial charge >= 0.3 is 0 Å². The van der Waals surface area contributed by atoms with Crippen LogP contribution in [-0.2, 0) is 4.79 Å². The van der Waals surface area contributed by atoms with Gasteiger partial charge in [0, 0.05) is 13.1 Å². The lowest BCUT2D eigenvalue weighted by Gasteiger charge is -2.21. The highest BCUT2D eigenvalue weighted by atomic mass is 19.1. The maximum absolute atomic E-state index is 13.6. The van der Waals surface area contributed by atoms with Gasteiger partial charge in [-0.05, 0) is 25.0 Å². The summed E-state index contributed by atoms with van der Waals surface area (Å²) in [6.07, 6.45) is 1.54. The molecule has 0 aliphatic rings. The van der Waals surface area contributed by atoms with Crippen LogP contribution in [0, 0.1) is 5.82 Å². The Morgan fingerprint density at radius 2 is 1.90 bits per heavy atom. The van der Waals surface area contributed by atoms with E-state index in [2.05, 4.69) is 5.32 Å². The summed E-state index contributed by atoms with van der Waals surface area (Å²) in [6, 6.07) is 5.82. The van der Waals surface area contributed by atoms with Crippen molar-refractivity contribution in [2.45, 2.75) is 26.7 Å². The van der Waals surface area contributed by atoms with E-state index in [1.165, 1.54) is 23.1 Å². The van der Waals surface area contributed by atoms with Crippen LogP contribution in [0.15, 0.2) is 24.3 Å². The van der Waals surface area contributed by atoms with Crippen molar-refractivity contribution in [2.75, 3.05) is 19.6 Å². The molecule has 0 saturated heterocycles. The van der Waals surface area contributed by atoms with Crippen LogP contribution in [-0.4, -0.2) is 36.3 Å². The van der Waals surface area contributed by atoms with Crippen molar-refractivity contribution >= 4 is 11.8 Å². The van der Waals surface area contributed by atoms with Gasteiger partial charge < -0.3 is 10.2 Å². The van der Waals surface area contributed by atoms with Crippen molar-refractivity contribution < 1.29 is 14.0 Å². The van der Waals surface area contributed by atoms with Gasteiger partial charge in [-0.1, -0.05) is 26.0 Å². The number of carbonyl (C=O) groups is 2. The molecule has 0 radical (unpaired) electrons. The van der Waals surface area contributed by atoms with Crippen molar-refractivity contribution in [3.63, 3.8) is 0 Å². The van der Waals surface area contributed by atoms with E-state index in [1.54, 1.807) is 6.07 Å². The average molecular weight is 280 g/mol. The molecule has 0 saturated carbocycles. The molecular formula is C15H21FN2O2. The number of halogens is 1. The molecular weight excluding hydrogens is 259 g/mol. The molecule has 0 spiro atoms. The smallest absolute Gasteiger partial charge is 0.257 e. The molecule has 0 aromatic heterocycles. The number of carbonyl (C=O) groups excluding carboxylic acids is 2. The van der Waals surface area contributed by atoms with Crippen LogP contribution in [0.25, 0.3) is 0 Å². The summed E-state index contributed by atoms with van der Waals surface area (Å²) in [5, 5.41) is 2.72. The molecule has 1 aromatic carbocycles. The molecule has 0 unspecified atom stereocenters. The van der Waals surface area contributed by atoms with E-state index in [1.807, 2.05) is 13.8 Å². The minimum absolute atomic E-state index is 0.00393. The monoisotopic (exact) mass is 280 g/mol. The third-order valence-electron chi connectivity index (χ3n) is 2.79. The van der Waals surface area contributed by atoms with Gasteiger partial charge in [0.25, 0.3) is 5.91 Å². The van der Waals surface area contributed by atoms with Gasteiger partial charge in [-0.15, -0.1) is 0 Å². The molecule has 1 aromatic rings. The maximum atomic E-state index is 13.6. The highest BCUT2D eigenvalue weighted by molar-refractivity contribution is 5.96. The quantitative estimate of drug-likeness (QED) is 0.832. The molecule has 0 aliphatic heterocycles. The standard InChI is InChI=1S/C15H21FN2O2/c1-3-9-17-14(19)11-18(10-4-2)15(20)12-7-5-6-8-13(12)16/h5-8H,3-4,9-11H2,1-2H3,(H,17,19). The fraction of sp³-hybridized carbons (Fsp3) is 0.467. The highest BCUT2D eigenvalue weighted by Crippen LogP contribution is 2.10. The van der Waals surface area contributed by atoms with Crippen LogP contribution in [0.5, 0.6) is 0 Å². The summed E-state index contributed by atoms with van der Waals surface area (Å²) in [5.41, 5.74) is 0.00393. The lowest BCUT2D eigenvalue weighted by molar-refractivity contribution is -0.121. The van der Waals surface area contributed by atoms with Crippen LogP contribution in [0.2, 0.25) is 0 Å². The van der Waals surface area contributed by atoms with Crippen LogP contribution >= 0.6 is 0 Å². The topological polar surface area (TPSA) is 49.4 Å². The van der Waals surface area contributed by atoms with Gasteiger partial charge in [-0.3, -0.25) is 9.59 Å². The SMILES string of the molecule is CCCNC(=O)CN(CCC)C(=O)c1ccccc1F. The Labute approximate surface area is 119 Å². The number of amides is 2. The second-order valence-corrected chi connectivity index (χ2v) is 4.56. The number of hydrogen-bond donors (Lipinski definition) is 1. The van der Waals surface area contributed by atoms with E-state index < -0.39 is 11.7 Å². The third-order valence-corrected chi connectivity index (χ3v) is 2.79. The Kier molecular flexibility index (Phi) is 6.70. The zero-order valence-corrected chi connectivity index (χ0v) is 12.0. The van der Waals surface area contributed by atoms with Crippen LogP contribution in [0.1, 0.15) is 37.0 Å². The lowest BCUT2D eigenvalue weighted by atomic mass is 10.2. The third kappa shape index (κ3) is 4.64. The first-order chi connectivity index (χ1) is 9.60. The van der Waals surface area contributed by atoms with Gasteiger partial charge in [0.2, 0.25) is 5.91 Å². The van der Waals surface area contributed by atoms with Crippen molar-refractivity contribution in [1.29, 1.82) is 0 Å². The van der Waals surface area contributed by atoms with Gasteiger partial charge in [0.15, 0.2) is 0 Å². The molecule has 0 heterocycles. The minimum atomic E-state index is -0.562. The second kappa shape index (κ2) is 8.30. The Morgan fingerprint density at radius 1 is 1.20 bits per heavy atom. The van der Waals surface area contributed by atoms with Crippen LogP contribution < -0.4 is 5.32 Å². The molecule has 0 aliphatic carbocycles. The van der Waals surface area contributed by atoms with Gasteiger partial charge in [-0.2, -0.15) is 0 Å². The molecule has 0 atom stereocenters. The Balaban J connectivity index is 2.77. The molecule has 0 fully saturated rings. The first-order valence-corrected chi connectivity index (χ1v) is 6.90. The predicted octanol–water partition coefficient (Wildman–Crippen LogP) is 2.20. The molecule has 4 nitrogen and oxygen atoms in total. The average Bonchev–Trinajstić information content (AvgIpc) is 2.44. The number of nitrogens with one attached hydrogen (secondary N) is 1. The van der Waals surface area contributed by atoms with Crippen molar-refractivity contribution in [3.05, 3.63) is 35.6 Å². The van der Waals surface area contributed by atoms with Crippen LogP contribution in [0.3, 0.4) is 0 Å². The van der Waals surface area contributed by atoms with Gasteiger partial charge in [0.05, 0.1) is 12.1 Å². The molecule has 20 heavy (non-hydrogen) atoms. The Bertz CT molecular complexity index is 463. The number of nitrogens with zero attached hydrogens (tertiary/aromatic N) is 1. The first kappa shape index (κ1) is 16.1. The normalized spacial score (nSPS) is 10.2. The zero-order valence-electron chi connectivity index (χ0n) is 12.0. The molecule has 1 N–H and O–H groups in total. The fourth-order valence-corrected chi connectivity index (χ4v) is 1.82. The summed E-state index contributed by atoms with van der Waals surface area (Å²) in [6.45, 7) is 4.82. The van der Waals surface area contributed by atoms with Crippen molar-refractivity contribution in [2.24, 2.45) is 0 Å². The van der Waals surface area contributed by atoms with Crippen molar-refractivity contribution in [3.8, 4) is 0 Å². The first-order valence-electron chi connectivity index (χ1n) is 6.90. The molecule has 0 bridgehead atoms. The maximum Gasteiger partial charge on any atom is 0.257 e. The van der Waals surface area contributed by atoms with E-state index in [0.29, 0.717) is 19.5 Å². The molecule has 110 valence electrons. The van der Waals surface area contributed by atoms with E-state index in [0.717, 1.165) is 6.42 Å². The fourth-order valence-electron chi connectivity index (χ4n) is 1.82. The molecule has 5 heteroatoms. The minimum Gasteiger partial charge on any atom is -0.355 e. The van der Waals surface area contributed by atoms with E-state index in [9.17, 15) is 14.0 Å². The lowest BCUT2D eigenvalue weighted by Crippen LogP contribution is -2.41. The summed E-state index contributed by atoms with van der Waals surface area (Å²) >= 11 is 0. The molecule has 2 amide bonds. The van der Waals surface area contributed by atoms with E-state index >= 15 is 0 Å². The predicted molar refractivity (Wildman–Crippen MR) is 75.9 cm³/mol. The summed E-state index contributed by atoms with van der Waals surface area (Å²) in [5.74, 6) is -1.23.